The van der Waals surface area contributed by atoms with E-state index < -0.39 is 10.0 Å². The van der Waals surface area contributed by atoms with E-state index in [9.17, 15) is 8.42 Å². The molecule has 0 aliphatic carbocycles. The molecule has 0 aliphatic rings. The Morgan fingerprint density at radius 3 is 2.42 bits per heavy atom. The summed E-state index contributed by atoms with van der Waals surface area (Å²) in [5.74, 6) is 1.19. The fourth-order valence-corrected chi connectivity index (χ4v) is 4.01. The predicted molar refractivity (Wildman–Crippen MR) is 99.9 cm³/mol. The Hall–Kier alpha value is -2.80. The van der Waals surface area contributed by atoms with Crippen molar-refractivity contribution in [3.63, 3.8) is 0 Å². The van der Waals surface area contributed by atoms with Crippen molar-refractivity contribution in [3.05, 3.63) is 59.8 Å². The Morgan fingerprint density at radius 1 is 1.12 bits per heavy atom. The summed E-state index contributed by atoms with van der Waals surface area (Å²) in [6, 6.07) is 13.7. The molecule has 1 aromatic heterocycles. The average molecular weight is 372 g/mol. The lowest BCUT2D eigenvalue weighted by molar-refractivity contribution is 0.415. The number of anilines is 1. The third kappa shape index (κ3) is 3.72. The first-order valence-electron chi connectivity index (χ1n) is 8.16. The largest absolute Gasteiger partial charge is 0.497 e. The van der Waals surface area contributed by atoms with Crippen molar-refractivity contribution in [2.45, 2.75) is 25.2 Å². The smallest absolute Gasteiger partial charge is 0.262 e. The van der Waals surface area contributed by atoms with Crippen LogP contribution in [0.4, 0.5) is 5.69 Å². The molecule has 2 aromatic carbocycles. The van der Waals surface area contributed by atoms with Gasteiger partial charge in [0.05, 0.1) is 17.7 Å². The van der Waals surface area contributed by atoms with Crippen LogP contribution < -0.4 is 9.46 Å². The number of benzene rings is 2. The van der Waals surface area contributed by atoms with Crippen molar-refractivity contribution in [1.82, 2.24) is 5.16 Å². The first-order chi connectivity index (χ1) is 12.4. The molecular formula is C19H20N2O4S. The van der Waals surface area contributed by atoms with Gasteiger partial charge >= 0.3 is 0 Å². The maximum Gasteiger partial charge on any atom is 0.262 e. The predicted octanol–water partition coefficient (Wildman–Crippen LogP) is 4.02. The minimum absolute atomic E-state index is 0.224. The molecule has 3 rings (SSSR count). The minimum atomic E-state index is -3.75. The van der Waals surface area contributed by atoms with Crippen molar-refractivity contribution >= 4 is 15.7 Å². The van der Waals surface area contributed by atoms with Gasteiger partial charge in [-0.05, 0) is 49.2 Å². The number of rotatable bonds is 6. The van der Waals surface area contributed by atoms with Crippen LogP contribution >= 0.6 is 0 Å². The van der Waals surface area contributed by atoms with Crippen molar-refractivity contribution < 1.29 is 17.7 Å². The summed E-state index contributed by atoms with van der Waals surface area (Å²) < 4.78 is 38.8. The molecule has 3 aromatic rings. The van der Waals surface area contributed by atoms with Gasteiger partial charge in [0.1, 0.15) is 5.75 Å². The van der Waals surface area contributed by atoms with Crippen molar-refractivity contribution in [3.8, 4) is 17.1 Å². The van der Waals surface area contributed by atoms with Crippen LogP contribution in [0.2, 0.25) is 0 Å². The minimum Gasteiger partial charge on any atom is -0.497 e. The van der Waals surface area contributed by atoms with E-state index in [4.69, 9.17) is 9.26 Å². The molecule has 6 nitrogen and oxygen atoms in total. The van der Waals surface area contributed by atoms with E-state index in [-0.39, 0.29) is 4.90 Å². The Kier molecular flexibility index (Phi) is 4.99. The average Bonchev–Trinajstić information content (AvgIpc) is 3.08. The maximum atomic E-state index is 12.9. The summed E-state index contributed by atoms with van der Waals surface area (Å²) in [7, 11) is -2.19. The highest BCUT2D eigenvalue weighted by Crippen LogP contribution is 2.28. The van der Waals surface area contributed by atoms with Gasteiger partial charge in [-0.3, -0.25) is 4.72 Å². The van der Waals surface area contributed by atoms with Crippen LogP contribution in [0.15, 0.2) is 57.9 Å². The molecule has 1 N–H and O–H groups in total. The molecule has 136 valence electrons. The summed E-state index contributed by atoms with van der Waals surface area (Å²) in [6.45, 7) is 3.73. The maximum absolute atomic E-state index is 12.9. The Bertz CT molecular complexity index is 1010. The second-order valence-electron chi connectivity index (χ2n) is 5.84. The summed E-state index contributed by atoms with van der Waals surface area (Å²) in [5.41, 5.74) is 2.60. The summed E-state index contributed by atoms with van der Waals surface area (Å²) in [4.78, 5) is 0.224. The molecule has 0 saturated carbocycles. The molecule has 0 radical (unpaired) electrons. The van der Waals surface area contributed by atoms with Crippen LogP contribution in [0, 0.1) is 6.92 Å². The van der Waals surface area contributed by atoms with Crippen molar-refractivity contribution in [2.75, 3.05) is 11.8 Å². The van der Waals surface area contributed by atoms with Gasteiger partial charge in [-0.15, -0.1) is 0 Å². The van der Waals surface area contributed by atoms with Crippen LogP contribution in [0.3, 0.4) is 0 Å². The van der Waals surface area contributed by atoms with Crippen molar-refractivity contribution in [1.29, 1.82) is 0 Å². The van der Waals surface area contributed by atoms with Crippen LogP contribution in [0.5, 0.6) is 5.75 Å². The molecule has 0 amide bonds. The number of aryl methyl sites for hydroxylation is 2. The van der Waals surface area contributed by atoms with Gasteiger partial charge in [0, 0.05) is 17.3 Å². The van der Waals surface area contributed by atoms with E-state index >= 15 is 0 Å². The fraction of sp³-hybridized carbons (Fsp3) is 0.211. The zero-order chi connectivity index (χ0) is 18.7. The SMILES string of the molecule is CCc1ccc(-c2cc(C)no2)cc1S(=O)(=O)Nc1ccc(OC)cc1. The van der Waals surface area contributed by atoms with E-state index in [0.717, 1.165) is 11.3 Å². The van der Waals surface area contributed by atoms with Gasteiger partial charge in [-0.2, -0.15) is 0 Å². The molecular weight excluding hydrogens is 352 g/mol. The number of sulfonamides is 1. The van der Waals surface area contributed by atoms with Gasteiger partial charge < -0.3 is 9.26 Å². The second-order valence-corrected chi connectivity index (χ2v) is 7.49. The third-order valence-corrected chi connectivity index (χ3v) is 5.46. The number of hydrogen-bond donors (Lipinski definition) is 1. The van der Waals surface area contributed by atoms with Crippen LogP contribution in [-0.2, 0) is 16.4 Å². The summed E-state index contributed by atoms with van der Waals surface area (Å²) in [5, 5.41) is 3.86. The van der Waals surface area contributed by atoms with E-state index in [1.54, 1.807) is 49.6 Å². The van der Waals surface area contributed by atoms with Crippen LogP contribution in [0.1, 0.15) is 18.2 Å². The monoisotopic (exact) mass is 372 g/mol. The zero-order valence-corrected chi connectivity index (χ0v) is 15.6. The molecule has 0 aliphatic heterocycles. The molecule has 26 heavy (non-hydrogen) atoms. The van der Waals surface area contributed by atoms with Gasteiger partial charge in [0.2, 0.25) is 0 Å². The van der Waals surface area contributed by atoms with Gasteiger partial charge in [0.25, 0.3) is 10.0 Å². The second kappa shape index (κ2) is 7.21. The first kappa shape index (κ1) is 18.0. The Labute approximate surface area is 152 Å². The number of hydrogen-bond acceptors (Lipinski definition) is 5. The summed E-state index contributed by atoms with van der Waals surface area (Å²) >= 11 is 0. The number of methoxy groups -OCH3 is 1. The third-order valence-electron chi connectivity index (χ3n) is 3.99. The highest BCUT2D eigenvalue weighted by molar-refractivity contribution is 7.92. The van der Waals surface area contributed by atoms with Crippen LogP contribution in [-0.4, -0.2) is 20.7 Å². The topological polar surface area (TPSA) is 81.4 Å². The molecule has 0 atom stereocenters. The van der Waals surface area contributed by atoms with E-state index in [1.807, 2.05) is 19.9 Å². The zero-order valence-electron chi connectivity index (χ0n) is 14.8. The first-order valence-corrected chi connectivity index (χ1v) is 9.64. The lowest BCUT2D eigenvalue weighted by Gasteiger charge is -2.13. The van der Waals surface area contributed by atoms with E-state index in [0.29, 0.717) is 29.2 Å². The number of nitrogens with zero attached hydrogens (tertiary/aromatic N) is 1. The van der Waals surface area contributed by atoms with Gasteiger partial charge in [-0.1, -0.05) is 24.2 Å². The highest BCUT2D eigenvalue weighted by Gasteiger charge is 2.20. The normalized spacial score (nSPS) is 11.3. The standard InChI is InChI=1S/C19H20N2O4S/c1-4-14-5-6-15(18-11-13(2)20-25-18)12-19(14)26(22,23)21-16-7-9-17(24-3)10-8-16/h5-12,21H,4H2,1-3H3. The molecule has 0 fully saturated rings. The Balaban J connectivity index is 1.99. The molecule has 0 spiro atoms. The lowest BCUT2D eigenvalue weighted by atomic mass is 10.1. The van der Waals surface area contributed by atoms with E-state index in [1.165, 1.54) is 0 Å². The molecule has 1 heterocycles. The molecule has 0 saturated heterocycles. The van der Waals surface area contributed by atoms with Crippen molar-refractivity contribution in [2.24, 2.45) is 0 Å². The lowest BCUT2D eigenvalue weighted by Crippen LogP contribution is -2.15. The van der Waals surface area contributed by atoms with Crippen LogP contribution in [0.25, 0.3) is 11.3 Å². The molecule has 0 bridgehead atoms. The van der Waals surface area contributed by atoms with Gasteiger partial charge in [-0.25, -0.2) is 8.42 Å². The fourth-order valence-electron chi connectivity index (χ4n) is 2.62. The van der Waals surface area contributed by atoms with Gasteiger partial charge in [0.15, 0.2) is 5.76 Å². The number of nitrogens with one attached hydrogen (secondary N) is 1. The Morgan fingerprint density at radius 2 is 1.85 bits per heavy atom. The molecule has 7 heteroatoms. The molecule has 0 unspecified atom stereocenters. The number of ether oxygens (including phenoxy) is 1. The highest BCUT2D eigenvalue weighted by atomic mass is 32.2. The number of aromatic nitrogens is 1. The van der Waals surface area contributed by atoms with E-state index in [2.05, 4.69) is 9.88 Å². The quantitative estimate of drug-likeness (QED) is 0.707. The summed E-state index contributed by atoms with van der Waals surface area (Å²) in [6.07, 6.45) is 0.592.